The van der Waals surface area contributed by atoms with Crippen LogP contribution in [0.4, 0.5) is 4.39 Å². The second-order valence-corrected chi connectivity index (χ2v) is 4.51. The number of nitriles is 1. The molecule has 0 saturated heterocycles. The minimum absolute atomic E-state index is 0.337. The van der Waals surface area contributed by atoms with Crippen molar-refractivity contribution in [3.05, 3.63) is 71.0 Å². The van der Waals surface area contributed by atoms with E-state index in [4.69, 9.17) is 5.26 Å². The molecular formula is C16H15FN2O. The van der Waals surface area contributed by atoms with Gasteiger partial charge in [0.15, 0.2) is 0 Å². The lowest BCUT2D eigenvalue weighted by molar-refractivity contribution is 0.174. The summed E-state index contributed by atoms with van der Waals surface area (Å²) in [5, 5.41) is 21.7. The van der Waals surface area contributed by atoms with Gasteiger partial charge in [-0.3, -0.25) is 0 Å². The maximum Gasteiger partial charge on any atom is 0.123 e. The van der Waals surface area contributed by atoms with Crippen LogP contribution in [0.1, 0.15) is 22.8 Å². The second kappa shape index (κ2) is 6.80. The summed E-state index contributed by atoms with van der Waals surface area (Å²) in [5.41, 5.74) is 2.20. The summed E-state index contributed by atoms with van der Waals surface area (Å²) >= 11 is 0. The minimum atomic E-state index is -0.746. The van der Waals surface area contributed by atoms with Crippen molar-refractivity contribution < 1.29 is 9.50 Å². The summed E-state index contributed by atoms with van der Waals surface area (Å²) in [5.74, 6) is -0.353. The Kier molecular flexibility index (Phi) is 4.83. The van der Waals surface area contributed by atoms with Gasteiger partial charge in [0.2, 0.25) is 0 Å². The largest absolute Gasteiger partial charge is 0.387 e. The highest BCUT2D eigenvalue weighted by Crippen LogP contribution is 2.13. The van der Waals surface area contributed by atoms with Crippen LogP contribution in [0.5, 0.6) is 0 Å². The number of hydrogen-bond donors (Lipinski definition) is 2. The van der Waals surface area contributed by atoms with Gasteiger partial charge in [0.25, 0.3) is 0 Å². The summed E-state index contributed by atoms with van der Waals surface area (Å²) in [6.45, 7) is 0.918. The summed E-state index contributed by atoms with van der Waals surface area (Å²) < 4.78 is 13.0. The van der Waals surface area contributed by atoms with Gasteiger partial charge in [-0.05, 0) is 35.4 Å². The summed E-state index contributed by atoms with van der Waals surface area (Å²) in [6, 6.07) is 15.2. The van der Waals surface area contributed by atoms with Crippen LogP contribution >= 0.6 is 0 Å². The molecule has 0 aliphatic carbocycles. The average molecular weight is 270 g/mol. The lowest BCUT2D eigenvalue weighted by atomic mass is 10.1. The second-order valence-electron chi connectivity index (χ2n) is 4.51. The van der Waals surface area contributed by atoms with Crippen LogP contribution in [-0.4, -0.2) is 11.7 Å². The maximum atomic E-state index is 13.0. The number of rotatable bonds is 5. The number of hydrogen-bond acceptors (Lipinski definition) is 3. The van der Waals surface area contributed by atoms with E-state index in [1.165, 1.54) is 12.1 Å². The smallest absolute Gasteiger partial charge is 0.123 e. The first kappa shape index (κ1) is 14.2. The highest BCUT2D eigenvalue weighted by molar-refractivity contribution is 5.31. The minimum Gasteiger partial charge on any atom is -0.387 e. The molecule has 102 valence electrons. The zero-order valence-corrected chi connectivity index (χ0v) is 10.9. The molecule has 1 atom stereocenters. The monoisotopic (exact) mass is 270 g/mol. The summed E-state index contributed by atoms with van der Waals surface area (Å²) in [7, 11) is 0. The molecule has 2 aromatic carbocycles. The molecule has 0 heterocycles. The normalized spacial score (nSPS) is 11.8. The number of nitrogens with zero attached hydrogens (tertiary/aromatic N) is 1. The molecule has 0 radical (unpaired) electrons. The van der Waals surface area contributed by atoms with E-state index in [0.717, 1.165) is 5.56 Å². The fourth-order valence-electron chi connectivity index (χ4n) is 1.88. The molecule has 3 nitrogen and oxygen atoms in total. The Bertz CT molecular complexity index is 605. The van der Waals surface area contributed by atoms with Gasteiger partial charge in [-0.25, -0.2) is 4.39 Å². The molecule has 0 amide bonds. The molecule has 2 aromatic rings. The molecule has 2 N–H and O–H groups in total. The lowest BCUT2D eigenvalue weighted by Gasteiger charge is -2.12. The first-order valence-corrected chi connectivity index (χ1v) is 6.32. The van der Waals surface area contributed by atoms with E-state index in [1.807, 2.05) is 12.1 Å². The van der Waals surface area contributed by atoms with E-state index < -0.39 is 6.10 Å². The van der Waals surface area contributed by atoms with Gasteiger partial charge in [-0.1, -0.05) is 24.3 Å². The first-order valence-electron chi connectivity index (χ1n) is 6.32. The van der Waals surface area contributed by atoms with E-state index >= 15 is 0 Å². The molecule has 0 bridgehead atoms. The van der Waals surface area contributed by atoms with Crippen LogP contribution in [0.2, 0.25) is 0 Å². The molecule has 0 fully saturated rings. The van der Waals surface area contributed by atoms with Crippen LogP contribution in [0, 0.1) is 17.1 Å². The van der Waals surface area contributed by atoms with Crippen molar-refractivity contribution in [3.8, 4) is 6.07 Å². The van der Waals surface area contributed by atoms with Gasteiger partial charge in [0.1, 0.15) is 5.82 Å². The maximum absolute atomic E-state index is 13.0. The summed E-state index contributed by atoms with van der Waals surface area (Å²) in [4.78, 5) is 0. The molecule has 0 aliphatic rings. The van der Waals surface area contributed by atoms with Gasteiger partial charge in [-0.15, -0.1) is 0 Å². The predicted octanol–water partition coefficient (Wildman–Crippen LogP) is 2.52. The molecule has 0 aliphatic heterocycles. The third-order valence-corrected chi connectivity index (χ3v) is 2.98. The molecular weight excluding hydrogens is 255 g/mol. The van der Waals surface area contributed by atoms with E-state index in [1.54, 1.807) is 24.3 Å². The van der Waals surface area contributed by atoms with E-state index in [-0.39, 0.29) is 5.82 Å². The first-order chi connectivity index (χ1) is 9.69. The topological polar surface area (TPSA) is 56.0 Å². The number of halogens is 1. The molecule has 4 heteroatoms. The van der Waals surface area contributed by atoms with Gasteiger partial charge < -0.3 is 10.4 Å². The Labute approximate surface area is 117 Å². The lowest BCUT2D eigenvalue weighted by Crippen LogP contribution is -2.21. The number of aliphatic hydroxyl groups excluding tert-OH is 1. The molecule has 2 rings (SSSR count). The van der Waals surface area contributed by atoms with Gasteiger partial charge >= 0.3 is 0 Å². The van der Waals surface area contributed by atoms with Crippen LogP contribution in [-0.2, 0) is 6.54 Å². The molecule has 0 aromatic heterocycles. The SMILES string of the molecule is N#Cc1ccc(CNCC(O)c2cccc(F)c2)cc1. The Morgan fingerprint density at radius 3 is 2.60 bits per heavy atom. The fraction of sp³-hybridized carbons (Fsp3) is 0.188. The van der Waals surface area contributed by atoms with Crippen LogP contribution in [0.15, 0.2) is 48.5 Å². The number of aliphatic hydroxyl groups is 1. The van der Waals surface area contributed by atoms with Gasteiger partial charge in [-0.2, -0.15) is 5.26 Å². The van der Waals surface area contributed by atoms with Crippen molar-refractivity contribution >= 4 is 0 Å². The van der Waals surface area contributed by atoms with E-state index in [0.29, 0.717) is 24.2 Å². The Morgan fingerprint density at radius 1 is 1.20 bits per heavy atom. The van der Waals surface area contributed by atoms with Crippen LogP contribution < -0.4 is 5.32 Å². The van der Waals surface area contributed by atoms with Crippen molar-refractivity contribution in [2.24, 2.45) is 0 Å². The zero-order valence-electron chi connectivity index (χ0n) is 10.9. The Hall–Kier alpha value is -2.22. The third kappa shape index (κ3) is 3.89. The highest BCUT2D eigenvalue weighted by Gasteiger charge is 2.07. The highest BCUT2D eigenvalue weighted by atomic mass is 19.1. The van der Waals surface area contributed by atoms with Crippen molar-refractivity contribution in [1.29, 1.82) is 5.26 Å². The predicted molar refractivity (Wildman–Crippen MR) is 74.2 cm³/mol. The molecule has 1 unspecified atom stereocenters. The van der Waals surface area contributed by atoms with Crippen LogP contribution in [0.25, 0.3) is 0 Å². The zero-order chi connectivity index (χ0) is 14.4. The van der Waals surface area contributed by atoms with Crippen molar-refractivity contribution in [2.45, 2.75) is 12.6 Å². The molecule has 0 spiro atoms. The molecule has 0 saturated carbocycles. The quantitative estimate of drug-likeness (QED) is 0.877. The third-order valence-electron chi connectivity index (χ3n) is 2.98. The van der Waals surface area contributed by atoms with Gasteiger partial charge in [0.05, 0.1) is 17.7 Å². The molecule has 20 heavy (non-hydrogen) atoms. The van der Waals surface area contributed by atoms with Crippen molar-refractivity contribution in [1.82, 2.24) is 5.32 Å². The van der Waals surface area contributed by atoms with E-state index in [2.05, 4.69) is 11.4 Å². The van der Waals surface area contributed by atoms with Crippen LogP contribution in [0.3, 0.4) is 0 Å². The Balaban J connectivity index is 1.84. The fourth-order valence-corrected chi connectivity index (χ4v) is 1.88. The van der Waals surface area contributed by atoms with Gasteiger partial charge in [0, 0.05) is 13.1 Å². The summed E-state index contributed by atoms with van der Waals surface area (Å²) in [6.07, 6.45) is -0.746. The van der Waals surface area contributed by atoms with E-state index in [9.17, 15) is 9.50 Å². The van der Waals surface area contributed by atoms with Crippen molar-refractivity contribution in [2.75, 3.05) is 6.54 Å². The standard InChI is InChI=1S/C16H15FN2O/c17-15-3-1-2-14(8-15)16(20)11-19-10-13-6-4-12(9-18)5-7-13/h1-8,16,19-20H,10-11H2. The Morgan fingerprint density at radius 2 is 1.95 bits per heavy atom. The average Bonchev–Trinajstić information content (AvgIpc) is 2.48. The number of nitrogens with one attached hydrogen (secondary N) is 1. The van der Waals surface area contributed by atoms with Crippen molar-refractivity contribution in [3.63, 3.8) is 0 Å². The number of benzene rings is 2.